The highest BCUT2D eigenvalue weighted by Gasteiger charge is 2.22. The van der Waals surface area contributed by atoms with Crippen LogP contribution in [0.5, 0.6) is 0 Å². The van der Waals surface area contributed by atoms with E-state index in [0.717, 1.165) is 11.6 Å². The number of hydrogen-bond acceptors (Lipinski definition) is 3. The van der Waals surface area contributed by atoms with Gasteiger partial charge in [0.15, 0.2) is 0 Å². The van der Waals surface area contributed by atoms with Gasteiger partial charge < -0.3 is 5.32 Å². The summed E-state index contributed by atoms with van der Waals surface area (Å²) in [5.41, 5.74) is 1.27. The van der Waals surface area contributed by atoms with E-state index in [2.05, 4.69) is 11.9 Å². The molecule has 1 amide bonds. The molecule has 0 radical (unpaired) electrons. The number of sulfonamides is 1. The molecule has 1 rings (SSSR count). The van der Waals surface area contributed by atoms with E-state index in [1.54, 1.807) is 32.9 Å². The van der Waals surface area contributed by atoms with Crippen molar-refractivity contribution in [1.29, 1.82) is 0 Å². The quantitative estimate of drug-likeness (QED) is 0.818. The molecule has 1 aromatic rings. The summed E-state index contributed by atoms with van der Waals surface area (Å²) < 4.78 is 26.2. The van der Waals surface area contributed by atoms with Crippen LogP contribution >= 0.6 is 0 Å². The zero-order valence-corrected chi connectivity index (χ0v) is 12.8. The van der Waals surface area contributed by atoms with Gasteiger partial charge in [0.05, 0.1) is 4.90 Å². The molecule has 1 aromatic carbocycles. The molecule has 0 saturated carbocycles. The number of nitrogens with zero attached hydrogens (tertiary/aromatic N) is 1. The van der Waals surface area contributed by atoms with E-state index in [1.165, 1.54) is 10.4 Å². The first-order valence-electron chi connectivity index (χ1n) is 6.41. The molecular formula is C14H20N2O3S. The lowest BCUT2D eigenvalue weighted by atomic mass is 10.2. The number of rotatable bonds is 6. The number of nitrogens with one attached hydrogen (secondary N) is 1. The fourth-order valence-corrected chi connectivity index (χ4v) is 3.28. The van der Waals surface area contributed by atoms with Gasteiger partial charge in [0.25, 0.3) is 0 Å². The second kappa shape index (κ2) is 6.67. The summed E-state index contributed by atoms with van der Waals surface area (Å²) in [6, 6.07) is 4.70. The molecule has 20 heavy (non-hydrogen) atoms. The molecule has 0 heterocycles. The van der Waals surface area contributed by atoms with Gasteiger partial charge in [0, 0.05) is 18.8 Å². The van der Waals surface area contributed by atoms with Crippen molar-refractivity contribution in [3.63, 3.8) is 0 Å². The summed E-state index contributed by atoms with van der Waals surface area (Å²) >= 11 is 0. The standard InChI is InChI=1S/C14H20N2O3S/c1-5-14(17)15-13-10-12(9-8-11(13)4)20(18,19)16(6-2)7-3/h5,8-10H,1,6-7H2,2-4H3,(H,15,17). The van der Waals surface area contributed by atoms with Crippen LogP contribution in [0.1, 0.15) is 19.4 Å². The fourth-order valence-electron chi connectivity index (χ4n) is 1.79. The number of carbonyl (C=O) groups excluding carboxylic acids is 1. The Kier molecular flexibility index (Phi) is 5.47. The van der Waals surface area contributed by atoms with E-state index < -0.39 is 10.0 Å². The van der Waals surface area contributed by atoms with Crippen molar-refractivity contribution in [2.75, 3.05) is 18.4 Å². The van der Waals surface area contributed by atoms with Crippen molar-refractivity contribution in [1.82, 2.24) is 4.31 Å². The number of amides is 1. The maximum atomic E-state index is 12.4. The summed E-state index contributed by atoms with van der Waals surface area (Å²) in [5.74, 6) is -0.370. The molecule has 110 valence electrons. The van der Waals surface area contributed by atoms with E-state index in [-0.39, 0.29) is 10.8 Å². The Labute approximate surface area is 120 Å². The Bertz CT molecular complexity index is 605. The number of hydrogen-bond donors (Lipinski definition) is 1. The SMILES string of the molecule is C=CC(=O)Nc1cc(S(=O)(=O)N(CC)CC)ccc1C. The molecule has 0 bridgehead atoms. The van der Waals surface area contributed by atoms with Crippen LogP contribution < -0.4 is 5.32 Å². The third kappa shape index (κ3) is 3.46. The highest BCUT2D eigenvalue weighted by atomic mass is 32.2. The Morgan fingerprint density at radius 3 is 2.45 bits per heavy atom. The van der Waals surface area contributed by atoms with Gasteiger partial charge in [0.2, 0.25) is 15.9 Å². The molecule has 0 atom stereocenters. The van der Waals surface area contributed by atoms with Crippen LogP contribution in [0.15, 0.2) is 35.7 Å². The third-order valence-electron chi connectivity index (χ3n) is 3.00. The predicted octanol–water partition coefficient (Wildman–Crippen LogP) is 2.15. The van der Waals surface area contributed by atoms with Gasteiger partial charge >= 0.3 is 0 Å². The number of anilines is 1. The van der Waals surface area contributed by atoms with Gasteiger partial charge in [-0.3, -0.25) is 4.79 Å². The Balaban J connectivity index is 3.24. The summed E-state index contributed by atoms with van der Waals surface area (Å²) in [4.78, 5) is 11.5. The zero-order valence-electron chi connectivity index (χ0n) is 12.0. The molecule has 0 unspecified atom stereocenters. The van der Waals surface area contributed by atoms with Crippen molar-refractivity contribution in [3.05, 3.63) is 36.4 Å². The minimum absolute atomic E-state index is 0.172. The predicted molar refractivity (Wildman–Crippen MR) is 80.1 cm³/mol. The zero-order chi connectivity index (χ0) is 15.3. The van der Waals surface area contributed by atoms with Gasteiger partial charge in [-0.15, -0.1) is 0 Å². The fraction of sp³-hybridized carbons (Fsp3) is 0.357. The van der Waals surface area contributed by atoms with Gasteiger partial charge in [-0.2, -0.15) is 4.31 Å². The molecule has 5 nitrogen and oxygen atoms in total. The molecule has 0 saturated heterocycles. The molecule has 0 aliphatic rings. The first kappa shape index (κ1) is 16.4. The van der Waals surface area contributed by atoms with Crippen LogP contribution in [-0.4, -0.2) is 31.7 Å². The highest BCUT2D eigenvalue weighted by Crippen LogP contribution is 2.22. The van der Waals surface area contributed by atoms with Crippen LogP contribution in [-0.2, 0) is 14.8 Å². The highest BCUT2D eigenvalue weighted by molar-refractivity contribution is 7.89. The summed E-state index contributed by atoms with van der Waals surface area (Å²) in [7, 11) is -3.53. The Hall–Kier alpha value is -1.66. The van der Waals surface area contributed by atoms with Crippen LogP contribution in [0, 0.1) is 6.92 Å². The van der Waals surface area contributed by atoms with E-state index in [4.69, 9.17) is 0 Å². The van der Waals surface area contributed by atoms with Gasteiger partial charge in [-0.25, -0.2) is 8.42 Å². The third-order valence-corrected chi connectivity index (χ3v) is 5.04. The molecule has 0 fully saturated rings. The van der Waals surface area contributed by atoms with E-state index in [0.29, 0.717) is 18.8 Å². The summed E-state index contributed by atoms with van der Waals surface area (Å²) in [6.07, 6.45) is 1.14. The second-order valence-corrected chi connectivity index (χ2v) is 6.20. The lowest BCUT2D eigenvalue weighted by Gasteiger charge is -2.19. The van der Waals surface area contributed by atoms with Crippen LogP contribution in [0.3, 0.4) is 0 Å². The smallest absolute Gasteiger partial charge is 0.247 e. The number of aryl methyl sites for hydroxylation is 1. The minimum atomic E-state index is -3.53. The first-order chi connectivity index (χ1) is 9.36. The second-order valence-electron chi connectivity index (χ2n) is 4.26. The van der Waals surface area contributed by atoms with E-state index in [1.807, 2.05) is 0 Å². The van der Waals surface area contributed by atoms with Gasteiger partial charge in [0.1, 0.15) is 0 Å². The summed E-state index contributed by atoms with van der Waals surface area (Å²) in [6.45, 7) is 9.55. The average molecular weight is 296 g/mol. The van der Waals surface area contributed by atoms with Crippen molar-refractivity contribution >= 4 is 21.6 Å². The average Bonchev–Trinajstić information content (AvgIpc) is 2.41. The van der Waals surface area contributed by atoms with Crippen molar-refractivity contribution in [2.24, 2.45) is 0 Å². The molecule has 0 aliphatic carbocycles. The molecular weight excluding hydrogens is 276 g/mol. The molecule has 6 heteroatoms. The van der Waals surface area contributed by atoms with Crippen LogP contribution in [0.2, 0.25) is 0 Å². The lowest BCUT2D eigenvalue weighted by Crippen LogP contribution is -2.30. The Morgan fingerprint density at radius 1 is 1.35 bits per heavy atom. The number of benzene rings is 1. The maximum Gasteiger partial charge on any atom is 0.247 e. The lowest BCUT2D eigenvalue weighted by molar-refractivity contribution is -0.111. The number of carbonyl (C=O) groups is 1. The Morgan fingerprint density at radius 2 is 1.95 bits per heavy atom. The van der Waals surface area contributed by atoms with Crippen molar-refractivity contribution < 1.29 is 13.2 Å². The van der Waals surface area contributed by atoms with Crippen LogP contribution in [0.25, 0.3) is 0 Å². The molecule has 1 N–H and O–H groups in total. The van der Waals surface area contributed by atoms with Gasteiger partial charge in [-0.05, 0) is 30.7 Å². The first-order valence-corrected chi connectivity index (χ1v) is 7.85. The minimum Gasteiger partial charge on any atom is -0.322 e. The monoisotopic (exact) mass is 296 g/mol. The normalized spacial score (nSPS) is 11.4. The largest absolute Gasteiger partial charge is 0.322 e. The van der Waals surface area contributed by atoms with E-state index in [9.17, 15) is 13.2 Å². The molecule has 0 aromatic heterocycles. The van der Waals surface area contributed by atoms with E-state index >= 15 is 0 Å². The topological polar surface area (TPSA) is 66.5 Å². The van der Waals surface area contributed by atoms with Crippen molar-refractivity contribution in [3.8, 4) is 0 Å². The molecule has 0 aliphatic heterocycles. The maximum absolute atomic E-state index is 12.4. The van der Waals surface area contributed by atoms with Crippen LogP contribution in [0.4, 0.5) is 5.69 Å². The summed E-state index contributed by atoms with van der Waals surface area (Å²) in [5, 5.41) is 2.61. The van der Waals surface area contributed by atoms with Gasteiger partial charge in [-0.1, -0.05) is 26.5 Å². The molecule has 0 spiro atoms. The van der Waals surface area contributed by atoms with Crippen molar-refractivity contribution in [2.45, 2.75) is 25.7 Å².